The second-order valence-corrected chi connectivity index (χ2v) is 5.51. The van der Waals surface area contributed by atoms with Crippen molar-refractivity contribution >= 4 is 0 Å². The van der Waals surface area contributed by atoms with E-state index in [9.17, 15) is 4.39 Å². The number of rotatable bonds is 8. The molecule has 0 atom stereocenters. The van der Waals surface area contributed by atoms with E-state index in [0.717, 1.165) is 12.8 Å². The predicted molar refractivity (Wildman–Crippen MR) is 75.7 cm³/mol. The molecule has 1 aromatic heterocycles. The molecule has 0 bridgehead atoms. The van der Waals surface area contributed by atoms with Gasteiger partial charge in [0.05, 0.1) is 6.61 Å². The average Bonchev–Trinajstić information content (AvgIpc) is 2.34. The standard InChI is InChI=1S/C15H25FN2O/c1-11(2)6-5-9-19-15-14(16)13(7-8-17-15)10-18-12(3)4/h7-8,11-12,18H,5-6,9-10H2,1-4H3. The van der Waals surface area contributed by atoms with Crippen molar-refractivity contribution in [2.75, 3.05) is 6.61 Å². The molecule has 0 saturated carbocycles. The quantitative estimate of drug-likeness (QED) is 0.732. The van der Waals surface area contributed by atoms with E-state index in [1.165, 1.54) is 0 Å². The molecule has 0 saturated heterocycles. The van der Waals surface area contributed by atoms with E-state index in [1.54, 1.807) is 12.3 Å². The Morgan fingerprint density at radius 3 is 2.68 bits per heavy atom. The van der Waals surface area contributed by atoms with E-state index in [1.807, 2.05) is 13.8 Å². The van der Waals surface area contributed by atoms with Gasteiger partial charge in [0.1, 0.15) is 0 Å². The number of hydrogen-bond acceptors (Lipinski definition) is 3. The minimum absolute atomic E-state index is 0.117. The number of pyridine rings is 1. The molecule has 1 rings (SSSR count). The lowest BCUT2D eigenvalue weighted by atomic mass is 10.1. The SMILES string of the molecule is CC(C)CCCOc1nccc(CNC(C)C)c1F. The maximum atomic E-state index is 14.1. The lowest BCUT2D eigenvalue weighted by Crippen LogP contribution is -2.22. The number of nitrogens with zero attached hydrogens (tertiary/aromatic N) is 1. The van der Waals surface area contributed by atoms with E-state index in [0.29, 0.717) is 30.7 Å². The highest BCUT2D eigenvalue weighted by atomic mass is 19.1. The van der Waals surface area contributed by atoms with Crippen LogP contribution < -0.4 is 10.1 Å². The van der Waals surface area contributed by atoms with Crippen molar-refractivity contribution in [3.8, 4) is 5.88 Å². The van der Waals surface area contributed by atoms with Crippen LogP contribution in [0.3, 0.4) is 0 Å². The second kappa shape index (κ2) is 8.10. The Labute approximate surface area is 115 Å². The van der Waals surface area contributed by atoms with Gasteiger partial charge in [0.2, 0.25) is 0 Å². The molecule has 1 N–H and O–H groups in total. The number of ether oxygens (including phenoxy) is 1. The van der Waals surface area contributed by atoms with Gasteiger partial charge in [-0.25, -0.2) is 9.37 Å². The highest BCUT2D eigenvalue weighted by Crippen LogP contribution is 2.18. The van der Waals surface area contributed by atoms with Gasteiger partial charge in [-0.1, -0.05) is 27.7 Å². The first-order chi connectivity index (χ1) is 9.00. The lowest BCUT2D eigenvalue weighted by molar-refractivity contribution is 0.271. The second-order valence-electron chi connectivity index (χ2n) is 5.51. The van der Waals surface area contributed by atoms with Gasteiger partial charge in [0.25, 0.3) is 5.88 Å². The summed E-state index contributed by atoms with van der Waals surface area (Å²) in [4.78, 5) is 3.96. The van der Waals surface area contributed by atoms with Crippen molar-refractivity contribution in [1.82, 2.24) is 10.3 Å². The lowest BCUT2D eigenvalue weighted by Gasteiger charge is -2.11. The van der Waals surface area contributed by atoms with E-state index >= 15 is 0 Å². The van der Waals surface area contributed by atoms with Crippen LogP contribution in [0.2, 0.25) is 0 Å². The van der Waals surface area contributed by atoms with Crippen LogP contribution in [0, 0.1) is 11.7 Å². The molecule has 0 unspecified atom stereocenters. The molecule has 0 aliphatic rings. The number of aromatic nitrogens is 1. The Morgan fingerprint density at radius 2 is 2.05 bits per heavy atom. The van der Waals surface area contributed by atoms with E-state index < -0.39 is 0 Å². The molecule has 19 heavy (non-hydrogen) atoms. The molecule has 3 nitrogen and oxygen atoms in total. The van der Waals surface area contributed by atoms with Crippen LogP contribution in [0.25, 0.3) is 0 Å². The van der Waals surface area contributed by atoms with Gasteiger partial charge >= 0.3 is 0 Å². The molecule has 0 aromatic carbocycles. The summed E-state index contributed by atoms with van der Waals surface area (Å²) in [6, 6.07) is 2.01. The third kappa shape index (κ3) is 6.01. The monoisotopic (exact) mass is 268 g/mol. The molecule has 0 aliphatic carbocycles. The molecule has 0 aliphatic heterocycles. The van der Waals surface area contributed by atoms with Crippen LogP contribution in [0.5, 0.6) is 5.88 Å². The van der Waals surface area contributed by atoms with Crippen LogP contribution in [0.4, 0.5) is 4.39 Å². The summed E-state index contributed by atoms with van der Waals surface area (Å²) in [5.74, 6) is 0.412. The first-order valence-corrected chi connectivity index (χ1v) is 7.00. The average molecular weight is 268 g/mol. The largest absolute Gasteiger partial charge is 0.476 e. The van der Waals surface area contributed by atoms with Crippen LogP contribution in [-0.4, -0.2) is 17.6 Å². The molecule has 4 heteroatoms. The van der Waals surface area contributed by atoms with Gasteiger partial charge in [-0.3, -0.25) is 0 Å². The minimum Gasteiger partial charge on any atom is -0.476 e. The molecule has 0 fully saturated rings. The Balaban J connectivity index is 2.51. The molecule has 0 amide bonds. The first-order valence-electron chi connectivity index (χ1n) is 7.00. The third-order valence-electron chi connectivity index (χ3n) is 2.80. The predicted octanol–water partition coefficient (Wildman–Crippen LogP) is 3.53. The van der Waals surface area contributed by atoms with E-state index in [2.05, 4.69) is 24.1 Å². The number of nitrogens with one attached hydrogen (secondary N) is 1. The third-order valence-corrected chi connectivity index (χ3v) is 2.80. The maximum absolute atomic E-state index is 14.1. The topological polar surface area (TPSA) is 34.1 Å². The highest BCUT2D eigenvalue weighted by molar-refractivity contribution is 5.23. The molecule has 1 heterocycles. The molecule has 1 aromatic rings. The van der Waals surface area contributed by atoms with Crippen molar-refractivity contribution in [2.45, 2.75) is 53.1 Å². The van der Waals surface area contributed by atoms with Gasteiger partial charge in [-0.05, 0) is 24.8 Å². The Kier molecular flexibility index (Phi) is 6.78. The highest BCUT2D eigenvalue weighted by Gasteiger charge is 2.10. The molecular formula is C15H25FN2O. The van der Waals surface area contributed by atoms with Crippen LogP contribution in [-0.2, 0) is 6.54 Å². The van der Waals surface area contributed by atoms with Crippen molar-refractivity contribution in [2.24, 2.45) is 5.92 Å². The van der Waals surface area contributed by atoms with Gasteiger partial charge in [0, 0.05) is 24.3 Å². The molecule has 0 spiro atoms. The van der Waals surface area contributed by atoms with Crippen LogP contribution in [0.1, 0.15) is 46.1 Å². The minimum atomic E-state index is -0.347. The molecule has 0 radical (unpaired) electrons. The Hall–Kier alpha value is -1.16. The Bertz CT molecular complexity index is 380. The maximum Gasteiger partial charge on any atom is 0.250 e. The zero-order chi connectivity index (χ0) is 14.3. The van der Waals surface area contributed by atoms with Crippen molar-refractivity contribution < 1.29 is 9.13 Å². The van der Waals surface area contributed by atoms with Crippen molar-refractivity contribution in [3.63, 3.8) is 0 Å². The Morgan fingerprint density at radius 1 is 1.32 bits per heavy atom. The number of hydrogen-bond donors (Lipinski definition) is 1. The summed E-state index contributed by atoms with van der Waals surface area (Å²) >= 11 is 0. The molecule has 108 valence electrons. The zero-order valence-electron chi connectivity index (χ0n) is 12.4. The zero-order valence-corrected chi connectivity index (χ0v) is 12.4. The summed E-state index contributed by atoms with van der Waals surface area (Å²) in [5, 5.41) is 3.19. The summed E-state index contributed by atoms with van der Waals surface area (Å²) in [6.45, 7) is 9.40. The fourth-order valence-electron chi connectivity index (χ4n) is 1.67. The number of halogens is 1. The van der Waals surface area contributed by atoms with Crippen LogP contribution in [0.15, 0.2) is 12.3 Å². The molecular weight excluding hydrogens is 243 g/mol. The van der Waals surface area contributed by atoms with Crippen molar-refractivity contribution in [1.29, 1.82) is 0 Å². The van der Waals surface area contributed by atoms with E-state index in [4.69, 9.17) is 4.74 Å². The van der Waals surface area contributed by atoms with Gasteiger partial charge in [-0.15, -0.1) is 0 Å². The first kappa shape index (κ1) is 15.9. The summed E-state index contributed by atoms with van der Waals surface area (Å²) in [5.41, 5.74) is 0.600. The normalized spacial score (nSPS) is 11.3. The van der Waals surface area contributed by atoms with E-state index in [-0.39, 0.29) is 11.7 Å². The van der Waals surface area contributed by atoms with Gasteiger partial charge in [-0.2, -0.15) is 0 Å². The van der Waals surface area contributed by atoms with Crippen LogP contribution >= 0.6 is 0 Å². The van der Waals surface area contributed by atoms with Gasteiger partial charge in [0.15, 0.2) is 5.82 Å². The van der Waals surface area contributed by atoms with Crippen molar-refractivity contribution in [3.05, 3.63) is 23.6 Å². The summed E-state index contributed by atoms with van der Waals surface area (Å²) in [6.07, 6.45) is 3.60. The smallest absolute Gasteiger partial charge is 0.250 e. The van der Waals surface area contributed by atoms with Gasteiger partial charge < -0.3 is 10.1 Å². The summed E-state index contributed by atoms with van der Waals surface area (Å²) in [7, 11) is 0. The summed E-state index contributed by atoms with van der Waals surface area (Å²) < 4.78 is 19.5. The fourth-order valence-corrected chi connectivity index (χ4v) is 1.67. The fraction of sp³-hybridized carbons (Fsp3) is 0.667.